The first kappa shape index (κ1) is 12.5. The Morgan fingerprint density at radius 3 is 2.89 bits per heavy atom. The number of nitrogens with zero attached hydrogens (tertiary/aromatic N) is 1. The van der Waals surface area contributed by atoms with Crippen LogP contribution in [0, 0.1) is 6.92 Å². The Labute approximate surface area is 104 Å². The highest BCUT2D eigenvalue weighted by atomic mass is 16.5. The van der Waals surface area contributed by atoms with Crippen molar-refractivity contribution in [3.05, 3.63) is 29.6 Å². The first-order valence-corrected chi connectivity index (χ1v) is 5.60. The maximum atomic E-state index is 12.0. The highest BCUT2D eigenvalue weighted by molar-refractivity contribution is 5.98. The lowest BCUT2D eigenvalue weighted by molar-refractivity contribution is -0.144. The number of carbonyl (C=O) groups excluding carboxylic acids is 1. The number of nitrogens with one attached hydrogen (secondary N) is 1. The zero-order valence-corrected chi connectivity index (χ0v) is 9.97. The van der Waals surface area contributed by atoms with Crippen LogP contribution in [0.3, 0.4) is 0 Å². The van der Waals surface area contributed by atoms with E-state index in [0.29, 0.717) is 17.9 Å². The van der Waals surface area contributed by atoms with Crippen molar-refractivity contribution in [3.63, 3.8) is 0 Å². The average molecular weight is 250 g/mol. The number of ether oxygens (including phenoxy) is 1. The van der Waals surface area contributed by atoms with Crippen LogP contribution in [0.15, 0.2) is 18.3 Å². The van der Waals surface area contributed by atoms with Crippen LogP contribution in [0.25, 0.3) is 0 Å². The van der Waals surface area contributed by atoms with E-state index in [1.807, 2.05) is 0 Å². The van der Waals surface area contributed by atoms with E-state index in [1.54, 1.807) is 19.1 Å². The lowest BCUT2D eigenvalue weighted by atomic mass is 9.98. The molecule has 1 fully saturated rings. The molecule has 1 aliphatic rings. The summed E-state index contributed by atoms with van der Waals surface area (Å²) in [5.74, 6) is -1.49. The first-order valence-electron chi connectivity index (χ1n) is 5.60. The van der Waals surface area contributed by atoms with Crippen LogP contribution in [-0.2, 0) is 9.53 Å². The van der Waals surface area contributed by atoms with Crippen molar-refractivity contribution in [1.82, 2.24) is 10.3 Å². The predicted molar refractivity (Wildman–Crippen MR) is 62.2 cm³/mol. The molecule has 18 heavy (non-hydrogen) atoms. The molecule has 0 bridgehead atoms. The van der Waals surface area contributed by atoms with E-state index < -0.39 is 17.4 Å². The van der Waals surface area contributed by atoms with Crippen LogP contribution >= 0.6 is 0 Å². The van der Waals surface area contributed by atoms with Crippen LogP contribution in [0.5, 0.6) is 0 Å². The molecule has 1 aliphatic heterocycles. The van der Waals surface area contributed by atoms with Gasteiger partial charge in [0.25, 0.3) is 5.91 Å². The highest BCUT2D eigenvalue weighted by Gasteiger charge is 2.44. The molecular weight excluding hydrogens is 236 g/mol. The zero-order valence-electron chi connectivity index (χ0n) is 9.97. The van der Waals surface area contributed by atoms with E-state index >= 15 is 0 Å². The third-order valence-corrected chi connectivity index (χ3v) is 2.94. The molecule has 2 rings (SSSR count). The maximum absolute atomic E-state index is 12.0. The number of pyridine rings is 1. The molecule has 0 aromatic carbocycles. The number of aliphatic carboxylic acids is 1. The first-order chi connectivity index (χ1) is 8.53. The van der Waals surface area contributed by atoms with Gasteiger partial charge >= 0.3 is 5.97 Å². The standard InChI is InChI=1S/C12H14N2O4/c1-8-6-9(2-4-13-8)10(15)14-12(11(16)17)3-5-18-7-12/h2,4,6H,3,5,7H2,1H3,(H,14,15)(H,16,17). The van der Waals surface area contributed by atoms with E-state index in [2.05, 4.69) is 10.3 Å². The number of aryl methyl sites for hydroxylation is 1. The summed E-state index contributed by atoms with van der Waals surface area (Å²) in [4.78, 5) is 27.2. The van der Waals surface area contributed by atoms with E-state index in [0.717, 1.165) is 0 Å². The van der Waals surface area contributed by atoms with E-state index in [4.69, 9.17) is 4.74 Å². The van der Waals surface area contributed by atoms with E-state index in [-0.39, 0.29) is 13.0 Å². The van der Waals surface area contributed by atoms with Crippen molar-refractivity contribution in [2.45, 2.75) is 18.9 Å². The summed E-state index contributed by atoms with van der Waals surface area (Å²) in [6.45, 7) is 2.10. The average Bonchev–Trinajstić information content (AvgIpc) is 2.79. The Bertz CT molecular complexity index is 481. The Balaban J connectivity index is 2.18. The molecule has 1 aromatic heterocycles. The van der Waals surface area contributed by atoms with Gasteiger partial charge in [-0.1, -0.05) is 0 Å². The summed E-state index contributed by atoms with van der Waals surface area (Å²) in [6, 6.07) is 3.16. The van der Waals surface area contributed by atoms with Crippen molar-refractivity contribution < 1.29 is 19.4 Å². The van der Waals surface area contributed by atoms with Gasteiger partial charge in [-0.3, -0.25) is 9.78 Å². The Kier molecular flexibility index (Phi) is 3.29. The van der Waals surface area contributed by atoms with Gasteiger partial charge in [-0.2, -0.15) is 0 Å². The number of hydrogen-bond donors (Lipinski definition) is 2. The Morgan fingerprint density at radius 2 is 2.33 bits per heavy atom. The lowest BCUT2D eigenvalue weighted by Gasteiger charge is -2.23. The van der Waals surface area contributed by atoms with Crippen molar-refractivity contribution in [3.8, 4) is 0 Å². The van der Waals surface area contributed by atoms with Crippen LogP contribution in [-0.4, -0.2) is 40.7 Å². The molecule has 2 heterocycles. The van der Waals surface area contributed by atoms with Crippen molar-refractivity contribution >= 4 is 11.9 Å². The normalized spacial score (nSPS) is 22.7. The largest absolute Gasteiger partial charge is 0.479 e. The van der Waals surface area contributed by atoms with Gasteiger partial charge in [0.2, 0.25) is 0 Å². The lowest BCUT2D eigenvalue weighted by Crippen LogP contribution is -2.55. The summed E-state index contributed by atoms with van der Waals surface area (Å²) < 4.78 is 5.07. The van der Waals surface area contributed by atoms with Gasteiger partial charge in [-0.15, -0.1) is 0 Å². The molecule has 0 aliphatic carbocycles. The van der Waals surface area contributed by atoms with Gasteiger partial charge in [-0.05, 0) is 19.1 Å². The van der Waals surface area contributed by atoms with Gasteiger partial charge in [-0.25, -0.2) is 4.79 Å². The fourth-order valence-electron chi connectivity index (χ4n) is 1.86. The topological polar surface area (TPSA) is 88.5 Å². The number of rotatable bonds is 3. The monoisotopic (exact) mass is 250 g/mol. The molecule has 1 unspecified atom stereocenters. The predicted octanol–water partition coefficient (Wildman–Crippen LogP) is 0.364. The highest BCUT2D eigenvalue weighted by Crippen LogP contribution is 2.19. The van der Waals surface area contributed by atoms with Gasteiger partial charge in [0.15, 0.2) is 5.54 Å². The number of hydrogen-bond acceptors (Lipinski definition) is 4. The molecule has 0 saturated carbocycles. The van der Waals surface area contributed by atoms with Gasteiger partial charge < -0.3 is 15.2 Å². The SMILES string of the molecule is Cc1cc(C(=O)NC2(C(=O)O)CCOC2)ccn1. The van der Waals surface area contributed by atoms with E-state index in [1.165, 1.54) is 6.20 Å². The Morgan fingerprint density at radius 1 is 1.56 bits per heavy atom. The minimum atomic E-state index is -1.31. The number of amides is 1. The van der Waals surface area contributed by atoms with Crippen LogP contribution < -0.4 is 5.32 Å². The summed E-state index contributed by atoms with van der Waals surface area (Å²) >= 11 is 0. The van der Waals surface area contributed by atoms with Crippen LogP contribution in [0.1, 0.15) is 22.5 Å². The summed E-state index contributed by atoms with van der Waals surface area (Å²) in [6.07, 6.45) is 1.79. The number of aromatic nitrogens is 1. The molecule has 6 heteroatoms. The summed E-state index contributed by atoms with van der Waals surface area (Å²) in [5.41, 5.74) is -0.210. The van der Waals surface area contributed by atoms with Gasteiger partial charge in [0.1, 0.15) is 0 Å². The second kappa shape index (κ2) is 4.73. The van der Waals surface area contributed by atoms with Crippen molar-refractivity contribution in [1.29, 1.82) is 0 Å². The van der Waals surface area contributed by atoms with E-state index in [9.17, 15) is 14.7 Å². The number of carboxylic acids is 1. The quantitative estimate of drug-likeness (QED) is 0.808. The minimum absolute atomic E-state index is 0.00185. The van der Waals surface area contributed by atoms with Gasteiger partial charge in [0, 0.05) is 30.5 Å². The molecular formula is C12H14N2O4. The molecule has 1 atom stereocenters. The third-order valence-electron chi connectivity index (χ3n) is 2.94. The summed E-state index contributed by atoms with van der Waals surface area (Å²) in [5, 5.41) is 11.8. The molecule has 1 aromatic rings. The fourth-order valence-corrected chi connectivity index (χ4v) is 1.86. The molecule has 2 N–H and O–H groups in total. The van der Waals surface area contributed by atoms with Crippen LogP contribution in [0.2, 0.25) is 0 Å². The molecule has 6 nitrogen and oxygen atoms in total. The number of carbonyl (C=O) groups is 2. The fraction of sp³-hybridized carbons (Fsp3) is 0.417. The molecule has 96 valence electrons. The van der Waals surface area contributed by atoms with Crippen molar-refractivity contribution in [2.75, 3.05) is 13.2 Å². The summed E-state index contributed by atoms with van der Waals surface area (Å²) in [7, 11) is 0. The second-order valence-corrected chi connectivity index (χ2v) is 4.33. The minimum Gasteiger partial charge on any atom is -0.479 e. The zero-order chi connectivity index (χ0) is 13.2. The third kappa shape index (κ3) is 2.33. The maximum Gasteiger partial charge on any atom is 0.331 e. The second-order valence-electron chi connectivity index (χ2n) is 4.33. The molecule has 1 saturated heterocycles. The van der Waals surface area contributed by atoms with Gasteiger partial charge in [0.05, 0.1) is 6.61 Å². The van der Waals surface area contributed by atoms with Crippen LogP contribution in [0.4, 0.5) is 0 Å². The molecule has 1 amide bonds. The molecule has 0 radical (unpaired) electrons. The smallest absolute Gasteiger partial charge is 0.331 e. The molecule has 0 spiro atoms. The Hall–Kier alpha value is -1.95. The van der Waals surface area contributed by atoms with Crippen molar-refractivity contribution in [2.24, 2.45) is 0 Å². The number of carboxylic acid groups (broad SMARTS) is 1.